The second-order valence-corrected chi connectivity index (χ2v) is 14.9. The summed E-state index contributed by atoms with van der Waals surface area (Å²) in [4.78, 5) is 0. The summed E-state index contributed by atoms with van der Waals surface area (Å²) in [5.41, 5.74) is 13.1. The number of rotatable bonds is 14. The van der Waals surface area contributed by atoms with Gasteiger partial charge in [-0.1, -0.05) is 148 Å². The average Bonchev–Trinajstić information content (AvgIpc) is 3.78. The van der Waals surface area contributed by atoms with Gasteiger partial charge in [-0.05, 0) is 133 Å². The molecular weight excluding hydrogens is 589 g/mol. The molecule has 3 unspecified atom stereocenters. The highest BCUT2D eigenvalue weighted by molar-refractivity contribution is 5.81. The molecule has 3 atom stereocenters. The number of aryl methyl sites for hydroxylation is 1. The summed E-state index contributed by atoms with van der Waals surface area (Å²) in [5.74, 6) is 5.62. The van der Waals surface area contributed by atoms with Gasteiger partial charge in [0.2, 0.25) is 0 Å². The first-order chi connectivity index (χ1) is 23.9. The molecule has 3 aliphatic carbocycles. The fraction of sp³-hybridized carbons (Fsp3) is 0.347. The minimum atomic E-state index is 0.398. The molecule has 0 radical (unpaired) electrons. The van der Waals surface area contributed by atoms with E-state index in [4.69, 9.17) is 13.0 Å². The van der Waals surface area contributed by atoms with Crippen LogP contribution in [0.4, 0.5) is 0 Å². The van der Waals surface area contributed by atoms with Crippen LogP contribution in [0.25, 0.3) is 11.1 Å². The van der Waals surface area contributed by atoms with Crippen LogP contribution in [0.3, 0.4) is 0 Å². The minimum Gasteiger partial charge on any atom is -0.115 e. The van der Waals surface area contributed by atoms with Crippen molar-refractivity contribution in [3.63, 3.8) is 0 Å². The highest BCUT2D eigenvalue weighted by atomic mass is 14.4. The van der Waals surface area contributed by atoms with Crippen molar-refractivity contribution in [2.24, 2.45) is 23.7 Å². The summed E-state index contributed by atoms with van der Waals surface area (Å²) in [6.45, 7) is 13.5. The first kappa shape index (κ1) is 34.5. The summed E-state index contributed by atoms with van der Waals surface area (Å²) in [7, 11) is 0. The monoisotopic (exact) mass is 642 g/mol. The van der Waals surface area contributed by atoms with Crippen molar-refractivity contribution in [3.8, 4) is 12.3 Å². The molecule has 3 aromatic rings. The molecule has 0 N–H and O–H groups in total. The number of terminal acetylenes is 1. The molecular formula is C49H54. The van der Waals surface area contributed by atoms with Crippen molar-refractivity contribution < 1.29 is 0 Å². The van der Waals surface area contributed by atoms with E-state index >= 15 is 0 Å². The van der Waals surface area contributed by atoms with Crippen LogP contribution in [0.1, 0.15) is 105 Å². The highest BCUT2D eigenvalue weighted by Gasteiger charge is 2.30. The Morgan fingerprint density at radius 2 is 1.59 bits per heavy atom. The van der Waals surface area contributed by atoms with Crippen molar-refractivity contribution >= 4 is 11.1 Å². The van der Waals surface area contributed by atoms with Crippen LogP contribution in [-0.4, -0.2) is 0 Å². The zero-order chi connectivity index (χ0) is 34.2. The van der Waals surface area contributed by atoms with E-state index in [9.17, 15) is 0 Å². The molecule has 1 fully saturated rings. The molecule has 49 heavy (non-hydrogen) atoms. The van der Waals surface area contributed by atoms with Gasteiger partial charge in [0.1, 0.15) is 0 Å². The second kappa shape index (κ2) is 16.4. The largest absolute Gasteiger partial charge is 0.115 e. The quantitative estimate of drug-likeness (QED) is 0.121. The molecule has 6 rings (SSSR count). The third-order valence-corrected chi connectivity index (χ3v) is 11.1. The lowest BCUT2D eigenvalue weighted by Gasteiger charge is -2.36. The first-order valence-corrected chi connectivity index (χ1v) is 18.8. The van der Waals surface area contributed by atoms with E-state index in [1.54, 1.807) is 0 Å². The lowest BCUT2D eigenvalue weighted by atomic mass is 9.69. The van der Waals surface area contributed by atoms with Crippen LogP contribution in [-0.2, 0) is 12.8 Å². The van der Waals surface area contributed by atoms with Crippen molar-refractivity contribution in [1.82, 2.24) is 0 Å². The predicted molar refractivity (Wildman–Crippen MR) is 212 cm³/mol. The lowest BCUT2D eigenvalue weighted by Crippen LogP contribution is -2.23. The zero-order valence-electron chi connectivity index (χ0n) is 29.8. The Morgan fingerprint density at radius 1 is 0.837 bits per heavy atom. The number of allylic oxidation sites excluding steroid dienone is 10. The summed E-state index contributed by atoms with van der Waals surface area (Å²) in [5, 5.41) is 0. The molecule has 1 saturated carbocycles. The third kappa shape index (κ3) is 8.83. The van der Waals surface area contributed by atoms with Crippen LogP contribution in [0, 0.1) is 36.0 Å². The molecule has 250 valence electrons. The van der Waals surface area contributed by atoms with Crippen molar-refractivity contribution in [2.75, 3.05) is 0 Å². The Bertz CT molecular complexity index is 1770. The van der Waals surface area contributed by atoms with E-state index in [-0.39, 0.29) is 0 Å². The summed E-state index contributed by atoms with van der Waals surface area (Å²) in [6, 6.07) is 27.2. The van der Waals surface area contributed by atoms with Crippen LogP contribution >= 0.6 is 0 Å². The predicted octanol–water partition coefficient (Wildman–Crippen LogP) is 12.9. The Morgan fingerprint density at radius 3 is 2.29 bits per heavy atom. The van der Waals surface area contributed by atoms with Gasteiger partial charge in [-0.3, -0.25) is 0 Å². The average molecular weight is 643 g/mol. The van der Waals surface area contributed by atoms with Gasteiger partial charge >= 0.3 is 0 Å². The maximum absolute atomic E-state index is 6.00. The van der Waals surface area contributed by atoms with E-state index in [1.807, 2.05) is 0 Å². The van der Waals surface area contributed by atoms with Crippen molar-refractivity contribution in [2.45, 2.75) is 84.0 Å². The van der Waals surface area contributed by atoms with Gasteiger partial charge in [0.25, 0.3) is 0 Å². The van der Waals surface area contributed by atoms with Gasteiger partial charge in [-0.25, -0.2) is 0 Å². The molecule has 0 nitrogen and oxygen atoms in total. The van der Waals surface area contributed by atoms with Crippen molar-refractivity contribution in [1.29, 1.82) is 0 Å². The summed E-state index contributed by atoms with van der Waals surface area (Å²) >= 11 is 0. The van der Waals surface area contributed by atoms with E-state index in [2.05, 4.69) is 136 Å². The first-order valence-electron chi connectivity index (χ1n) is 18.8. The Hall–Kier alpha value is -4.34. The molecule has 0 spiro atoms. The van der Waals surface area contributed by atoms with Gasteiger partial charge in [0.15, 0.2) is 0 Å². The molecule has 0 heteroatoms. The normalized spacial score (nSPS) is 22.0. The minimum absolute atomic E-state index is 0.398. The number of hydrogen-bond donors (Lipinski definition) is 0. The second-order valence-electron chi connectivity index (χ2n) is 14.9. The maximum Gasteiger partial charge on any atom is 0.0321 e. The van der Waals surface area contributed by atoms with Gasteiger partial charge in [-0.2, -0.15) is 0 Å². The van der Waals surface area contributed by atoms with Crippen LogP contribution in [0.5, 0.6) is 0 Å². The van der Waals surface area contributed by atoms with Crippen LogP contribution in [0.15, 0.2) is 134 Å². The Labute approximate surface area is 297 Å². The van der Waals surface area contributed by atoms with Crippen molar-refractivity contribution in [3.05, 3.63) is 167 Å². The summed E-state index contributed by atoms with van der Waals surface area (Å²) in [6.07, 6.45) is 31.4. The molecule has 0 heterocycles. The fourth-order valence-electron chi connectivity index (χ4n) is 8.48. The van der Waals surface area contributed by atoms with Crippen LogP contribution < -0.4 is 0 Å². The molecule has 3 aliphatic rings. The topological polar surface area (TPSA) is 0 Å². The zero-order valence-corrected chi connectivity index (χ0v) is 29.8. The fourth-order valence-corrected chi connectivity index (χ4v) is 8.48. The van der Waals surface area contributed by atoms with Gasteiger partial charge in [0, 0.05) is 11.5 Å². The molecule has 0 aliphatic heterocycles. The number of benzene rings is 3. The Balaban J connectivity index is 1.13. The summed E-state index contributed by atoms with van der Waals surface area (Å²) < 4.78 is 0. The molecule has 0 amide bonds. The molecule has 0 aromatic heterocycles. The standard InChI is InChI=1S/C49H54/c1-6-11-35(3)30-40-20-25-47(33-40)48-34-41(19-22-42(48)7-2)32-39-17-23-44(24-18-39)49(37(5)15-16-38-12-9-8-10-13-38)45-28-26-43(27-29-45)46-21-14-36(4)31-46/h2,8-10,12-14,19-22,25-29,31,33-34,36,39-40,44,49H,3,5-6,11,15-18,23-24,30,32H2,1,4H3. The highest BCUT2D eigenvalue weighted by Crippen LogP contribution is 2.44. The molecule has 0 bridgehead atoms. The van der Waals surface area contributed by atoms with E-state index in [1.165, 1.54) is 75.8 Å². The number of hydrogen-bond acceptors (Lipinski definition) is 0. The SMILES string of the molecule is C#Cc1ccc(CC2CCC(C(C(=C)CCc3ccccc3)c3ccc(C4=CC(C)C=C4)cc3)CC2)cc1C1=CC(CC(=C)CCC)C=C1. The smallest absolute Gasteiger partial charge is 0.0321 e. The van der Waals surface area contributed by atoms with E-state index < -0.39 is 0 Å². The Kier molecular flexibility index (Phi) is 11.5. The van der Waals surface area contributed by atoms with Gasteiger partial charge in [-0.15, -0.1) is 6.42 Å². The van der Waals surface area contributed by atoms with Gasteiger partial charge in [0.05, 0.1) is 0 Å². The third-order valence-electron chi connectivity index (χ3n) is 11.1. The van der Waals surface area contributed by atoms with Gasteiger partial charge < -0.3 is 0 Å². The van der Waals surface area contributed by atoms with E-state index in [0.29, 0.717) is 29.6 Å². The molecule has 0 saturated heterocycles. The lowest BCUT2D eigenvalue weighted by molar-refractivity contribution is 0.252. The van der Waals surface area contributed by atoms with Crippen LogP contribution in [0.2, 0.25) is 0 Å². The molecule has 3 aromatic carbocycles. The maximum atomic E-state index is 6.00. The van der Waals surface area contributed by atoms with E-state index in [0.717, 1.165) is 44.1 Å².